The summed E-state index contributed by atoms with van der Waals surface area (Å²) < 4.78 is 26.6. The number of rotatable bonds is 8. The van der Waals surface area contributed by atoms with Crippen molar-refractivity contribution in [3.63, 3.8) is 0 Å². The molecule has 0 atom stereocenters. The van der Waals surface area contributed by atoms with Crippen LogP contribution in [0.15, 0.2) is 77.7 Å². The highest BCUT2D eigenvalue weighted by Crippen LogP contribution is 2.21. The zero-order valence-electron chi connectivity index (χ0n) is 19.7. The van der Waals surface area contributed by atoms with Gasteiger partial charge in [0.25, 0.3) is 5.91 Å². The van der Waals surface area contributed by atoms with Crippen LogP contribution in [0.2, 0.25) is 0 Å². The van der Waals surface area contributed by atoms with E-state index in [-0.39, 0.29) is 10.8 Å². The summed E-state index contributed by atoms with van der Waals surface area (Å²) in [6, 6.07) is 22.6. The molecule has 4 rings (SSSR count). The van der Waals surface area contributed by atoms with Crippen LogP contribution >= 0.6 is 0 Å². The Labute approximate surface area is 202 Å². The van der Waals surface area contributed by atoms with Crippen LogP contribution in [0.25, 0.3) is 0 Å². The lowest BCUT2D eigenvalue weighted by atomic mass is 9.99. The Morgan fingerprint density at radius 2 is 1.56 bits per heavy atom. The second-order valence-corrected chi connectivity index (χ2v) is 10.4. The Morgan fingerprint density at radius 1 is 0.912 bits per heavy atom. The molecule has 6 nitrogen and oxygen atoms in total. The quantitative estimate of drug-likeness (QED) is 0.518. The third kappa shape index (κ3) is 5.38. The van der Waals surface area contributed by atoms with Crippen LogP contribution in [0.1, 0.15) is 40.9 Å². The van der Waals surface area contributed by atoms with E-state index in [1.165, 1.54) is 33.1 Å². The molecule has 3 aromatic carbocycles. The van der Waals surface area contributed by atoms with Crippen molar-refractivity contribution >= 4 is 21.6 Å². The van der Waals surface area contributed by atoms with Gasteiger partial charge >= 0.3 is 0 Å². The summed E-state index contributed by atoms with van der Waals surface area (Å²) in [7, 11) is -3.52. The first-order valence-corrected chi connectivity index (χ1v) is 13.1. The number of nitrogens with zero attached hydrogens (tertiary/aromatic N) is 2. The summed E-state index contributed by atoms with van der Waals surface area (Å²) in [6.07, 6.45) is 1.06. The van der Waals surface area contributed by atoms with Crippen LogP contribution in [0, 0.1) is 0 Å². The Morgan fingerprint density at radius 3 is 2.21 bits per heavy atom. The Hall–Kier alpha value is -3.00. The number of nitrogens with one attached hydrogen (secondary N) is 1. The molecule has 3 aromatic rings. The van der Waals surface area contributed by atoms with Crippen molar-refractivity contribution < 1.29 is 13.2 Å². The number of sulfonamides is 1. The van der Waals surface area contributed by atoms with Gasteiger partial charge in [-0.15, -0.1) is 0 Å². The molecule has 0 aliphatic carbocycles. The first kappa shape index (κ1) is 24.1. The summed E-state index contributed by atoms with van der Waals surface area (Å²) in [5, 5.41) is 2.85. The van der Waals surface area contributed by atoms with E-state index in [0.29, 0.717) is 24.3 Å². The average Bonchev–Trinajstić information content (AvgIpc) is 2.85. The molecule has 1 heterocycles. The molecule has 0 unspecified atom stereocenters. The van der Waals surface area contributed by atoms with Gasteiger partial charge in [-0.3, -0.25) is 9.69 Å². The van der Waals surface area contributed by atoms with E-state index in [0.717, 1.165) is 26.1 Å². The number of anilines is 1. The van der Waals surface area contributed by atoms with Gasteiger partial charge in [0.1, 0.15) is 0 Å². The minimum absolute atomic E-state index is 0.221. The molecule has 1 N–H and O–H groups in total. The maximum atomic E-state index is 12.7. The van der Waals surface area contributed by atoms with E-state index in [4.69, 9.17) is 0 Å². The zero-order valence-corrected chi connectivity index (χ0v) is 20.5. The van der Waals surface area contributed by atoms with E-state index in [1.54, 1.807) is 12.1 Å². The number of fused-ring (bicyclic) bond motifs is 1. The van der Waals surface area contributed by atoms with Crippen molar-refractivity contribution in [2.75, 3.05) is 25.0 Å². The van der Waals surface area contributed by atoms with Crippen molar-refractivity contribution in [2.24, 2.45) is 0 Å². The molecule has 0 radical (unpaired) electrons. The second kappa shape index (κ2) is 10.5. The van der Waals surface area contributed by atoms with Crippen molar-refractivity contribution in [1.82, 2.24) is 9.21 Å². The number of benzene rings is 3. The van der Waals surface area contributed by atoms with E-state index in [1.807, 2.05) is 38.1 Å². The van der Waals surface area contributed by atoms with E-state index in [9.17, 15) is 13.2 Å². The van der Waals surface area contributed by atoms with Crippen molar-refractivity contribution in [3.8, 4) is 0 Å². The minimum atomic E-state index is -3.52. The van der Waals surface area contributed by atoms with Crippen LogP contribution in [0.5, 0.6) is 0 Å². The van der Waals surface area contributed by atoms with E-state index >= 15 is 0 Å². The van der Waals surface area contributed by atoms with Gasteiger partial charge in [-0.05, 0) is 59.5 Å². The van der Waals surface area contributed by atoms with Crippen LogP contribution in [-0.2, 0) is 29.5 Å². The fraction of sp³-hybridized carbons (Fsp3) is 0.296. The zero-order chi connectivity index (χ0) is 24.1. The van der Waals surface area contributed by atoms with Gasteiger partial charge < -0.3 is 5.32 Å². The van der Waals surface area contributed by atoms with Gasteiger partial charge in [-0.2, -0.15) is 4.31 Å². The summed E-state index contributed by atoms with van der Waals surface area (Å²) in [5.74, 6) is -0.224. The third-order valence-corrected chi connectivity index (χ3v) is 8.35. The SMILES string of the molecule is CCN(CC)S(=O)(=O)c1ccc(NC(=O)c2ccc(CN3CCc4ccccc4C3)cc2)cc1. The Kier molecular flexibility index (Phi) is 7.46. The normalized spacial score (nSPS) is 14.1. The highest BCUT2D eigenvalue weighted by Gasteiger charge is 2.21. The molecule has 1 aliphatic heterocycles. The first-order valence-electron chi connectivity index (χ1n) is 11.7. The lowest BCUT2D eigenvalue weighted by Gasteiger charge is -2.28. The topological polar surface area (TPSA) is 69.7 Å². The molecule has 0 fully saturated rings. The number of amides is 1. The molecule has 0 bridgehead atoms. The Balaban J connectivity index is 1.36. The minimum Gasteiger partial charge on any atom is -0.322 e. The molecular formula is C27H31N3O3S. The molecule has 1 aliphatic rings. The lowest BCUT2D eigenvalue weighted by Crippen LogP contribution is -2.30. The monoisotopic (exact) mass is 477 g/mol. The molecule has 178 valence electrons. The van der Waals surface area contributed by atoms with Crippen molar-refractivity contribution in [1.29, 1.82) is 0 Å². The van der Waals surface area contributed by atoms with Crippen molar-refractivity contribution in [2.45, 2.75) is 38.3 Å². The van der Waals surface area contributed by atoms with Gasteiger partial charge in [-0.1, -0.05) is 50.2 Å². The standard InChI is InChI=1S/C27H31N3O3S/c1-3-30(4-2)34(32,33)26-15-13-25(14-16-26)28-27(31)23-11-9-21(10-12-23)19-29-18-17-22-7-5-6-8-24(22)20-29/h5-16H,3-4,17-20H2,1-2H3,(H,28,31). The molecule has 7 heteroatoms. The number of carbonyl (C=O) groups is 1. The lowest BCUT2D eigenvalue weighted by molar-refractivity contribution is 0.102. The van der Waals surface area contributed by atoms with E-state index in [2.05, 4.69) is 34.5 Å². The number of hydrogen-bond acceptors (Lipinski definition) is 4. The van der Waals surface area contributed by atoms with E-state index < -0.39 is 10.0 Å². The van der Waals surface area contributed by atoms with Gasteiger partial charge in [0.2, 0.25) is 10.0 Å². The van der Waals surface area contributed by atoms with Crippen LogP contribution < -0.4 is 5.32 Å². The highest BCUT2D eigenvalue weighted by atomic mass is 32.2. The third-order valence-electron chi connectivity index (χ3n) is 6.29. The maximum absolute atomic E-state index is 12.7. The Bertz CT molecular complexity index is 1230. The average molecular weight is 478 g/mol. The predicted octanol–water partition coefficient (Wildman–Crippen LogP) is 4.53. The summed E-state index contributed by atoms with van der Waals surface area (Å²) in [4.78, 5) is 15.3. The fourth-order valence-corrected chi connectivity index (χ4v) is 5.79. The van der Waals surface area contributed by atoms with Crippen molar-refractivity contribution in [3.05, 3.63) is 95.1 Å². The summed E-state index contributed by atoms with van der Waals surface area (Å²) in [6.45, 7) is 7.27. The largest absolute Gasteiger partial charge is 0.322 e. The predicted molar refractivity (Wildman–Crippen MR) is 135 cm³/mol. The summed E-state index contributed by atoms with van der Waals surface area (Å²) >= 11 is 0. The van der Waals surface area contributed by atoms with Gasteiger partial charge in [0, 0.05) is 44.0 Å². The second-order valence-electron chi connectivity index (χ2n) is 8.49. The maximum Gasteiger partial charge on any atom is 0.255 e. The van der Waals surface area contributed by atoms with Crippen LogP contribution in [0.3, 0.4) is 0 Å². The van der Waals surface area contributed by atoms with Crippen LogP contribution in [-0.4, -0.2) is 43.2 Å². The number of carbonyl (C=O) groups excluding carboxylic acids is 1. The summed E-state index contributed by atoms with van der Waals surface area (Å²) in [5.41, 5.74) is 5.11. The molecule has 34 heavy (non-hydrogen) atoms. The van der Waals surface area contributed by atoms with Gasteiger partial charge in [0.15, 0.2) is 0 Å². The number of hydrogen-bond donors (Lipinski definition) is 1. The molecule has 0 saturated carbocycles. The first-order chi connectivity index (χ1) is 16.4. The highest BCUT2D eigenvalue weighted by molar-refractivity contribution is 7.89. The van der Waals surface area contributed by atoms with Gasteiger partial charge in [-0.25, -0.2) is 8.42 Å². The molecular weight excluding hydrogens is 446 g/mol. The van der Waals surface area contributed by atoms with Gasteiger partial charge in [0.05, 0.1) is 4.90 Å². The van der Waals surface area contributed by atoms with Crippen LogP contribution in [0.4, 0.5) is 5.69 Å². The molecule has 1 amide bonds. The smallest absolute Gasteiger partial charge is 0.255 e. The molecule has 0 aromatic heterocycles. The molecule has 0 saturated heterocycles. The fourth-order valence-electron chi connectivity index (χ4n) is 4.33. The molecule has 0 spiro atoms.